The van der Waals surface area contributed by atoms with Crippen LogP contribution in [-0.4, -0.2) is 10.1 Å². The molecule has 0 radical (unpaired) electrons. The highest BCUT2D eigenvalue weighted by atomic mass is 32.1. The van der Waals surface area contributed by atoms with Crippen molar-refractivity contribution in [3.8, 4) is 10.8 Å². The van der Waals surface area contributed by atoms with E-state index >= 15 is 0 Å². The molecule has 0 spiro atoms. The number of thiophene rings is 1. The molecule has 0 aliphatic carbocycles. The standard InChI is InChI=1S/C10H13N3OS/c1-3-7-4-5-8(15-7)10-12-9(6(2)11)13-14-10/h4-6H,3,11H2,1-2H3. The Hall–Kier alpha value is -1.20. The van der Waals surface area contributed by atoms with Crippen molar-refractivity contribution in [3.05, 3.63) is 22.8 Å². The summed E-state index contributed by atoms with van der Waals surface area (Å²) in [5.74, 6) is 1.11. The molecule has 0 fully saturated rings. The average molecular weight is 223 g/mol. The van der Waals surface area contributed by atoms with Gasteiger partial charge in [0.15, 0.2) is 5.82 Å². The smallest absolute Gasteiger partial charge is 0.268 e. The maximum atomic E-state index is 5.65. The predicted molar refractivity (Wildman–Crippen MR) is 59.6 cm³/mol. The maximum absolute atomic E-state index is 5.65. The van der Waals surface area contributed by atoms with Gasteiger partial charge < -0.3 is 10.3 Å². The number of aromatic nitrogens is 2. The Morgan fingerprint density at radius 3 is 2.87 bits per heavy atom. The molecule has 2 aromatic heterocycles. The fourth-order valence-electron chi connectivity index (χ4n) is 1.20. The third-order valence-corrected chi connectivity index (χ3v) is 3.29. The van der Waals surface area contributed by atoms with E-state index in [9.17, 15) is 0 Å². The largest absolute Gasteiger partial charge is 0.333 e. The monoisotopic (exact) mass is 223 g/mol. The lowest BCUT2D eigenvalue weighted by Crippen LogP contribution is -2.06. The zero-order valence-corrected chi connectivity index (χ0v) is 9.54. The Labute approximate surface area is 92.1 Å². The summed E-state index contributed by atoms with van der Waals surface area (Å²) in [4.78, 5) is 6.55. The molecule has 2 N–H and O–H groups in total. The topological polar surface area (TPSA) is 64.9 Å². The van der Waals surface area contributed by atoms with Gasteiger partial charge in [-0.3, -0.25) is 0 Å². The second-order valence-corrected chi connectivity index (χ2v) is 4.53. The van der Waals surface area contributed by atoms with Gasteiger partial charge in [-0.05, 0) is 25.5 Å². The molecular weight excluding hydrogens is 210 g/mol. The van der Waals surface area contributed by atoms with Crippen LogP contribution in [0.25, 0.3) is 10.8 Å². The van der Waals surface area contributed by atoms with Crippen LogP contribution >= 0.6 is 11.3 Å². The van der Waals surface area contributed by atoms with Crippen molar-refractivity contribution in [1.82, 2.24) is 10.1 Å². The first kappa shape index (κ1) is 10.3. The molecule has 1 atom stereocenters. The first-order chi connectivity index (χ1) is 7.20. The molecule has 5 heteroatoms. The Morgan fingerprint density at radius 2 is 2.33 bits per heavy atom. The van der Waals surface area contributed by atoms with Crippen LogP contribution in [0.1, 0.15) is 30.6 Å². The van der Waals surface area contributed by atoms with E-state index in [0.29, 0.717) is 11.7 Å². The zero-order valence-electron chi connectivity index (χ0n) is 8.73. The molecule has 0 amide bonds. The van der Waals surface area contributed by atoms with E-state index in [2.05, 4.69) is 23.1 Å². The van der Waals surface area contributed by atoms with Crippen LogP contribution < -0.4 is 5.73 Å². The summed E-state index contributed by atoms with van der Waals surface area (Å²) in [6.07, 6.45) is 1.03. The number of hydrogen-bond acceptors (Lipinski definition) is 5. The van der Waals surface area contributed by atoms with Gasteiger partial charge in [0, 0.05) is 4.88 Å². The van der Waals surface area contributed by atoms with Crippen molar-refractivity contribution < 1.29 is 4.52 Å². The van der Waals surface area contributed by atoms with Crippen molar-refractivity contribution in [3.63, 3.8) is 0 Å². The van der Waals surface area contributed by atoms with Crippen LogP contribution in [0.15, 0.2) is 16.7 Å². The molecule has 80 valence electrons. The van der Waals surface area contributed by atoms with Gasteiger partial charge >= 0.3 is 0 Å². The third-order valence-electron chi connectivity index (χ3n) is 2.07. The fraction of sp³-hybridized carbons (Fsp3) is 0.400. The minimum atomic E-state index is -0.187. The normalized spacial score (nSPS) is 13.0. The Bertz CT molecular complexity index is 447. The van der Waals surface area contributed by atoms with Crippen molar-refractivity contribution in [2.75, 3.05) is 0 Å². The van der Waals surface area contributed by atoms with Gasteiger partial charge in [0.05, 0.1) is 10.9 Å². The van der Waals surface area contributed by atoms with Crippen LogP contribution in [0.4, 0.5) is 0 Å². The van der Waals surface area contributed by atoms with E-state index in [1.165, 1.54) is 4.88 Å². The van der Waals surface area contributed by atoms with E-state index < -0.39 is 0 Å². The lowest BCUT2D eigenvalue weighted by Gasteiger charge is -1.92. The number of aryl methyl sites for hydroxylation is 1. The lowest BCUT2D eigenvalue weighted by molar-refractivity contribution is 0.419. The molecule has 0 bridgehead atoms. The van der Waals surface area contributed by atoms with E-state index in [0.717, 1.165) is 11.3 Å². The summed E-state index contributed by atoms with van der Waals surface area (Å²) < 4.78 is 5.14. The molecule has 0 aliphatic rings. The van der Waals surface area contributed by atoms with Gasteiger partial charge in [-0.25, -0.2) is 0 Å². The summed E-state index contributed by atoms with van der Waals surface area (Å²) >= 11 is 1.67. The van der Waals surface area contributed by atoms with Crippen LogP contribution in [0.5, 0.6) is 0 Å². The quantitative estimate of drug-likeness (QED) is 0.867. The van der Waals surface area contributed by atoms with Gasteiger partial charge in [0.1, 0.15) is 0 Å². The van der Waals surface area contributed by atoms with Crippen molar-refractivity contribution in [1.29, 1.82) is 0 Å². The molecule has 2 rings (SSSR count). The lowest BCUT2D eigenvalue weighted by atomic mass is 10.3. The van der Waals surface area contributed by atoms with Crippen LogP contribution in [0.3, 0.4) is 0 Å². The second kappa shape index (κ2) is 4.12. The maximum Gasteiger partial charge on any atom is 0.268 e. The summed E-state index contributed by atoms with van der Waals surface area (Å²) in [6, 6.07) is 3.89. The second-order valence-electron chi connectivity index (χ2n) is 3.37. The minimum absolute atomic E-state index is 0.187. The van der Waals surface area contributed by atoms with E-state index in [-0.39, 0.29) is 6.04 Å². The molecule has 2 heterocycles. The molecule has 0 saturated heterocycles. The van der Waals surface area contributed by atoms with Gasteiger partial charge in [-0.15, -0.1) is 11.3 Å². The van der Waals surface area contributed by atoms with Crippen LogP contribution in [0.2, 0.25) is 0 Å². The number of nitrogens with zero attached hydrogens (tertiary/aromatic N) is 2. The zero-order chi connectivity index (χ0) is 10.8. The molecular formula is C10H13N3OS. The Kier molecular flexibility index (Phi) is 2.83. The molecule has 0 aliphatic heterocycles. The summed E-state index contributed by atoms with van der Waals surface area (Å²) in [5.41, 5.74) is 5.65. The van der Waals surface area contributed by atoms with Crippen LogP contribution in [-0.2, 0) is 6.42 Å². The number of rotatable bonds is 3. The van der Waals surface area contributed by atoms with Crippen LogP contribution in [0, 0.1) is 0 Å². The first-order valence-corrected chi connectivity index (χ1v) is 5.70. The Balaban J connectivity index is 2.28. The minimum Gasteiger partial charge on any atom is -0.333 e. The van der Waals surface area contributed by atoms with Gasteiger partial charge in [-0.2, -0.15) is 4.98 Å². The molecule has 2 aromatic rings. The van der Waals surface area contributed by atoms with Gasteiger partial charge in [0.2, 0.25) is 0 Å². The highest BCUT2D eigenvalue weighted by molar-refractivity contribution is 7.15. The van der Waals surface area contributed by atoms with Gasteiger partial charge in [-0.1, -0.05) is 12.1 Å². The SMILES string of the molecule is CCc1ccc(-c2nc(C(C)N)no2)s1. The number of nitrogens with two attached hydrogens (primary N) is 1. The first-order valence-electron chi connectivity index (χ1n) is 4.89. The Morgan fingerprint density at radius 1 is 1.53 bits per heavy atom. The van der Waals surface area contributed by atoms with Crippen molar-refractivity contribution >= 4 is 11.3 Å². The van der Waals surface area contributed by atoms with E-state index in [1.54, 1.807) is 11.3 Å². The van der Waals surface area contributed by atoms with Gasteiger partial charge in [0.25, 0.3) is 5.89 Å². The van der Waals surface area contributed by atoms with E-state index in [1.807, 2.05) is 13.0 Å². The molecule has 0 aromatic carbocycles. The molecule has 0 saturated carbocycles. The predicted octanol–water partition coefficient (Wildman–Crippen LogP) is 2.38. The summed E-state index contributed by atoms with van der Waals surface area (Å²) in [6.45, 7) is 3.96. The molecule has 1 unspecified atom stereocenters. The molecule has 4 nitrogen and oxygen atoms in total. The van der Waals surface area contributed by atoms with Crippen molar-refractivity contribution in [2.45, 2.75) is 26.3 Å². The fourth-order valence-corrected chi connectivity index (χ4v) is 2.07. The summed E-state index contributed by atoms with van der Waals surface area (Å²) in [7, 11) is 0. The van der Waals surface area contributed by atoms with E-state index in [4.69, 9.17) is 10.3 Å². The third kappa shape index (κ3) is 2.08. The molecule has 15 heavy (non-hydrogen) atoms. The highest BCUT2D eigenvalue weighted by Crippen LogP contribution is 2.27. The number of hydrogen-bond donors (Lipinski definition) is 1. The van der Waals surface area contributed by atoms with Crippen molar-refractivity contribution in [2.24, 2.45) is 5.73 Å². The average Bonchev–Trinajstić information content (AvgIpc) is 2.86. The summed E-state index contributed by atoms with van der Waals surface area (Å²) in [5, 5.41) is 3.82. The highest BCUT2D eigenvalue weighted by Gasteiger charge is 2.12.